The largest absolute Gasteiger partial charge is 0.481 e. The Morgan fingerprint density at radius 2 is 1.71 bits per heavy atom. The van der Waals surface area contributed by atoms with E-state index in [9.17, 15) is 9.59 Å². The highest BCUT2D eigenvalue weighted by molar-refractivity contribution is 5.74. The maximum atomic E-state index is 11.0. The van der Waals surface area contributed by atoms with Crippen molar-refractivity contribution in [3.8, 4) is 0 Å². The summed E-state index contributed by atoms with van der Waals surface area (Å²) in [7, 11) is 0. The van der Waals surface area contributed by atoms with E-state index in [0.717, 1.165) is 12.0 Å². The van der Waals surface area contributed by atoms with Gasteiger partial charge in [-0.15, -0.1) is 6.58 Å². The molecule has 0 aliphatic heterocycles. The van der Waals surface area contributed by atoms with Crippen LogP contribution in [0.25, 0.3) is 0 Å². The molecule has 0 spiro atoms. The van der Waals surface area contributed by atoms with E-state index >= 15 is 0 Å². The highest BCUT2D eigenvalue weighted by Gasteiger charge is 2.00. The van der Waals surface area contributed by atoms with E-state index in [1.54, 1.807) is 0 Å². The van der Waals surface area contributed by atoms with Gasteiger partial charge in [0.05, 0.1) is 6.42 Å². The van der Waals surface area contributed by atoms with Gasteiger partial charge in [0.25, 0.3) is 0 Å². The minimum absolute atomic E-state index is 0.0616. The van der Waals surface area contributed by atoms with E-state index in [2.05, 4.69) is 17.2 Å². The summed E-state index contributed by atoms with van der Waals surface area (Å²) in [6.45, 7) is 6.24. The average molecular weight is 200 g/mol. The molecule has 0 fully saturated rings. The monoisotopic (exact) mass is 200 g/mol. The first-order valence-corrected chi connectivity index (χ1v) is 4.40. The smallest absolute Gasteiger partial charge is 0.314 e. The Morgan fingerprint density at radius 3 is 2.14 bits per heavy atom. The molecule has 0 aliphatic carbocycles. The lowest BCUT2D eigenvalue weighted by Gasteiger charge is -2.05. The van der Waals surface area contributed by atoms with E-state index in [1.807, 2.05) is 6.92 Å². The fourth-order valence-electron chi connectivity index (χ4n) is 0.735. The maximum Gasteiger partial charge on any atom is 0.314 e. The number of carbonyl (C=O) groups excluding carboxylic acids is 1. The van der Waals surface area contributed by atoms with Gasteiger partial charge in [0.2, 0.25) is 0 Å². The predicted molar refractivity (Wildman–Crippen MR) is 53.1 cm³/mol. The first-order valence-electron chi connectivity index (χ1n) is 4.40. The molecule has 0 saturated carbocycles. The fraction of sp³-hybridized carbons (Fsp3) is 0.556. The zero-order valence-corrected chi connectivity index (χ0v) is 8.30. The third-order valence-electron chi connectivity index (χ3n) is 1.46. The molecule has 0 aromatic carbocycles. The van der Waals surface area contributed by atoms with Crippen LogP contribution >= 0.6 is 0 Å². The zero-order chi connectivity index (χ0) is 11.0. The molecule has 0 saturated heterocycles. The van der Waals surface area contributed by atoms with Crippen LogP contribution in [-0.4, -0.2) is 30.2 Å². The summed E-state index contributed by atoms with van der Waals surface area (Å²) >= 11 is 0. The summed E-state index contributed by atoms with van der Waals surface area (Å²) in [4.78, 5) is 21.1. The van der Waals surface area contributed by atoms with E-state index in [4.69, 9.17) is 5.11 Å². The quantitative estimate of drug-likeness (QED) is 0.553. The SMILES string of the molecule is C=C(C)CCNC(=O)NCCC(=O)O. The highest BCUT2D eigenvalue weighted by atomic mass is 16.4. The second kappa shape index (κ2) is 6.94. The van der Waals surface area contributed by atoms with E-state index in [1.165, 1.54) is 0 Å². The van der Waals surface area contributed by atoms with Gasteiger partial charge in [-0.1, -0.05) is 5.57 Å². The van der Waals surface area contributed by atoms with Crippen molar-refractivity contribution in [1.29, 1.82) is 0 Å². The number of amides is 2. The van der Waals surface area contributed by atoms with Crippen molar-refractivity contribution < 1.29 is 14.7 Å². The van der Waals surface area contributed by atoms with Crippen molar-refractivity contribution >= 4 is 12.0 Å². The molecule has 0 heterocycles. The third-order valence-corrected chi connectivity index (χ3v) is 1.46. The molecule has 14 heavy (non-hydrogen) atoms. The number of hydrogen-bond acceptors (Lipinski definition) is 2. The number of carbonyl (C=O) groups is 2. The van der Waals surface area contributed by atoms with E-state index in [0.29, 0.717) is 6.54 Å². The molecule has 0 radical (unpaired) electrons. The highest BCUT2D eigenvalue weighted by Crippen LogP contribution is 1.91. The number of carboxylic acids is 1. The summed E-state index contributed by atoms with van der Waals surface area (Å²) in [5, 5.41) is 13.3. The molecule has 0 bridgehead atoms. The molecule has 2 amide bonds. The second-order valence-electron chi connectivity index (χ2n) is 3.03. The number of urea groups is 1. The second-order valence-corrected chi connectivity index (χ2v) is 3.03. The Labute approximate surface area is 83.2 Å². The summed E-state index contributed by atoms with van der Waals surface area (Å²) in [6, 6.07) is -0.340. The van der Waals surface area contributed by atoms with Crippen molar-refractivity contribution in [2.24, 2.45) is 0 Å². The lowest BCUT2D eigenvalue weighted by molar-refractivity contribution is -0.136. The average Bonchev–Trinajstić information content (AvgIpc) is 2.02. The molecule has 0 aromatic heterocycles. The van der Waals surface area contributed by atoms with Gasteiger partial charge in [0.1, 0.15) is 0 Å². The van der Waals surface area contributed by atoms with Crippen molar-refractivity contribution in [2.75, 3.05) is 13.1 Å². The number of nitrogens with one attached hydrogen (secondary N) is 2. The molecular formula is C9H16N2O3. The summed E-state index contributed by atoms with van der Waals surface area (Å²) in [5.74, 6) is -0.924. The number of hydrogen-bond donors (Lipinski definition) is 3. The van der Waals surface area contributed by atoms with Crippen LogP contribution in [0.15, 0.2) is 12.2 Å². The standard InChI is InChI=1S/C9H16N2O3/c1-7(2)3-5-10-9(14)11-6-4-8(12)13/h1,3-6H2,2H3,(H,12,13)(H2,10,11,14). The molecule has 0 unspecified atom stereocenters. The van der Waals surface area contributed by atoms with Gasteiger partial charge in [-0.25, -0.2) is 4.79 Å². The van der Waals surface area contributed by atoms with Crippen molar-refractivity contribution in [1.82, 2.24) is 10.6 Å². The Bertz CT molecular complexity index is 204. The number of aliphatic carboxylic acids is 1. The third kappa shape index (κ3) is 8.58. The first-order chi connectivity index (χ1) is 6.52. The van der Waals surface area contributed by atoms with Gasteiger partial charge in [0, 0.05) is 13.1 Å². The minimum Gasteiger partial charge on any atom is -0.481 e. The predicted octanol–water partition coefficient (Wildman–Crippen LogP) is 0.726. The zero-order valence-electron chi connectivity index (χ0n) is 8.30. The number of rotatable bonds is 6. The lowest BCUT2D eigenvalue weighted by Crippen LogP contribution is -2.37. The topological polar surface area (TPSA) is 78.4 Å². The van der Waals surface area contributed by atoms with Crippen LogP contribution in [0.4, 0.5) is 4.79 Å². The van der Waals surface area contributed by atoms with E-state index in [-0.39, 0.29) is 19.0 Å². The van der Waals surface area contributed by atoms with Gasteiger partial charge < -0.3 is 15.7 Å². The van der Waals surface area contributed by atoms with Gasteiger partial charge >= 0.3 is 12.0 Å². The molecule has 0 aliphatic rings. The van der Waals surface area contributed by atoms with Crippen molar-refractivity contribution in [3.05, 3.63) is 12.2 Å². The van der Waals surface area contributed by atoms with Crippen LogP contribution in [0, 0.1) is 0 Å². The Balaban J connectivity index is 3.37. The molecular weight excluding hydrogens is 184 g/mol. The Kier molecular flexibility index (Phi) is 6.19. The van der Waals surface area contributed by atoms with Gasteiger partial charge in [-0.05, 0) is 13.3 Å². The lowest BCUT2D eigenvalue weighted by atomic mass is 10.2. The van der Waals surface area contributed by atoms with Gasteiger partial charge in [0.15, 0.2) is 0 Å². The minimum atomic E-state index is -0.924. The van der Waals surface area contributed by atoms with Crippen LogP contribution in [-0.2, 0) is 4.79 Å². The summed E-state index contributed by atoms with van der Waals surface area (Å²) < 4.78 is 0. The summed E-state index contributed by atoms with van der Waals surface area (Å²) in [5.41, 5.74) is 0.996. The molecule has 0 atom stereocenters. The molecule has 3 N–H and O–H groups in total. The summed E-state index contributed by atoms with van der Waals surface area (Å²) in [6.07, 6.45) is 0.667. The Hall–Kier alpha value is -1.52. The van der Waals surface area contributed by atoms with Gasteiger partial charge in [-0.3, -0.25) is 4.79 Å². The Morgan fingerprint density at radius 1 is 1.21 bits per heavy atom. The van der Waals surface area contributed by atoms with Crippen molar-refractivity contribution in [3.63, 3.8) is 0 Å². The maximum absolute atomic E-state index is 11.0. The van der Waals surface area contributed by atoms with Crippen LogP contribution in [0.5, 0.6) is 0 Å². The normalized spacial score (nSPS) is 9.21. The van der Waals surface area contributed by atoms with Crippen molar-refractivity contribution in [2.45, 2.75) is 19.8 Å². The van der Waals surface area contributed by atoms with Crippen LogP contribution in [0.3, 0.4) is 0 Å². The van der Waals surface area contributed by atoms with Crippen LogP contribution < -0.4 is 10.6 Å². The van der Waals surface area contributed by atoms with Crippen LogP contribution in [0.1, 0.15) is 19.8 Å². The van der Waals surface area contributed by atoms with E-state index < -0.39 is 5.97 Å². The molecule has 0 rings (SSSR count). The fourth-order valence-corrected chi connectivity index (χ4v) is 0.735. The molecule has 5 heteroatoms. The molecule has 0 aromatic rings. The van der Waals surface area contributed by atoms with Gasteiger partial charge in [-0.2, -0.15) is 0 Å². The first kappa shape index (κ1) is 12.5. The molecule has 5 nitrogen and oxygen atoms in total. The molecule has 80 valence electrons. The van der Waals surface area contributed by atoms with Crippen LogP contribution in [0.2, 0.25) is 0 Å². The number of carboxylic acid groups (broad SMARTS) is 1.